The van der Waals surface area contributed by atoms with E-state index in [4.69, 9.17) is 11.6 Å². The minimum Gasteiger partial charge on any atom is -0.289 e. The van der Waals surface area contributed by atoms with Crippen LogP contribution in [0.2, 0.25) is 0 Å². The number of ketones is 1. The molecule has 0 aliphatic heterocycles. The molecule has 0 spiro atoms. The molecule has 1 nitrogen and oxygen atoms in total. The zero-order chi connectivity index (χ0) is 16.9. The Morgan fingerprint density at radius 1 is 0.957 bits per heavy atom. The molecule has 0 saturated carbocycles. The summed E-state index contributed by atoms with van der Waals surface area (Å²) in [5.74, 6) is 0.905. The maximum Gasteiger partial charge on any atom is 0.188 e. The number of benzene rings is 2. The van der Waals surface area contributed by atoms with E-state index in [0.717, 1.165) is 22.6 Å². The fourth-order valence-electron chi connectivity index (χ4n) is 2.03. The molecule has 0 aromatic heterocycles. The maximum absolute atomic E-state index is 12.1. The first-order chi connectivity index (χ1) is 11.2. The summed E-state index contributed by atoms with van der Waals surface area (Å²) in [5.41, 5.74) is 2.54. The Bertz CT molecular complexity index is 584. The minimum absolute atomic E-state index is 0.0782. The van der Waals surface area contributed by atoms with Crippen molar-refractivity contribution in [2.45, 2.75) is 33.1 Å². The van der Waals surface area contributed by atoms with Gasteiger partial charge < -0.3 is 0 Å². The molecule has 0 radical (unpaired) electrons. The van der Waals surface area contributed by atoms with Gasteiger partial charge in [0.05, 0.1) is 0 Å². The van der Waals surface area contributed by atoms with Gasteiger partial charge in [-0.15, -0.1) is 11.6 Å². The van der Waals surface area contributed by atoms with Crippen molar-refractivity contribution in [1.82, 2.24) is 0 Å². The average Bonchev–Trinajstić information content (AvgIpc) is 2.61. The molecule has 0 unspecified atom stereocenters. The molecule has 2 heteroatoms. The number of hydrogen-bond acceptors (Lipinski definition) is 1. The summed E-state index contributed by atoms with van der Waals surface area (Å²) in [4.78, 5) is 12.1. The van der Waals surface area contributed by atoms with E-state index in [1.54, 1.807) is 0 Å². The van der Waals surface area contributed by atoms with Crippen molar-refractivity contribution in [2.75, 3.05) is 5.88 Å². The Balaban J connectivity index is 0.000000379. The number of Topliss-reactive ketones (excluding diaryl/α,β-unsaturated/α-hetero) is 1. The van der Waals surface area contributed by atoms with Crippen LogP contribution in [0.15, 0.2) is 66.2 Å². The Morgan fingerprint density at radius 2 is 1.52 bits per heavy atom. The molecule has 0 N–H and O–H groups in total. The quantitative estimate of drug-likeness (QED) is 0.260. The van der Waals surface area contributed by atoms with Gasteiger partial charge in [0.15, 0.2) is 5.78 Å². The van der Waals surface area contributed by atoms with Crippen molar-refractivity contribution >= 4 is 23.5 Å². The molecule has 2 aromatic carbocycles. The number of hydrogen-bond donors (Lipinski definition) is 0. The molecule has 0 amide bonds. The van der Waals surface area contributed by atoms with Gasteiger partial charge in [-0.3, -0.25) is 4.79 Å². The topological polar surface area (TPSA) is 17.1 Å². The lowest BCUT2D eigenvalue weighted by molar-refractivity contribution is 0.103. The Kier molecular flexibility index (Phi) is 9.74. The molecular formula is C21H25ClO. The van der Waals surface area contributed by atoms with E-state index in [1.807, 2.05) is 73.7 Å². The van der Waals surface area contributed by atoms with Gasteiger partial charge in [-0.1, -0.05) is 80.4 Å². The number of carbonyl (C=O) groups is 1. The number of allylic oxidation sites excluding steroid dienone is 1. The van der Waals surface area contributed by atoms with Crippen LogP contribution in [0.25, 0.3) is 6.08 Å². The van der Waals surface area contributed by atoms with Gasteiger partial charge in [0, 0.05) is 11.4 Å². The van der Waals surface area contributed by atoms with E-state index >= 15 is 0 Å². The number of rotatable bonds is 6. The molecule has 0 atom stereocenters. The zero-order valence-corrected chi connectivity index (χ0v) is 14.7. The molecule has 23 heavy (non-hydrogen) atoms. The molecule has 0 aliphatic rings. The smallest absolute Gasteiger partial charge is 0.188 e. The summed E-state index contributed by atoms with van der Waals surface area (Å²) in [6, 6.07) is 19.2. The normalized spacial score (nSPS) is 10.7. The van der Waals surface area contributed by atoms with E-state index in [2.05, 4.69) is 6.92 Å². The van der Waals surface area contributed by atoms with Gasteiger partial charge in [0.25, 0.3) is 0 Å². The second-order valence-electron chi connectivity index (χ2n) is 5.33. The predicted molar refractivity (Wildman–Crippen MR) is 101 cm³/mol. The van der Waals surface area contributed by atoms with Crippen LogP contribution >= 0.6 is 11.6 Å². The lowest BCUT2D eigenvalue weighted by Crippen LogP contribution is -1.99. The largest absolute Gasteiger partial charge is 0.289 e. The van der Waals surface area contributed by atoms with Crippen LogP contribution in [-0.2, 0) is 0 Å². The molecule has 0 fully saturated rings. The third kappa shape index (κ3) is 7.80. The monoisotopic (exact) mass is 328 g/mol. The summed E-state index contributed by atoms with van der Waals surface area (Å²) in [5, 5.41) is 0. The van der Waals surface area contributed by atoms with Crippen molar-refractivity contribution in [3.8, 4) is 0 Å². The third-order valence-electron chi connectivity index (χ3n) is 3.31. The van der Waals surface area contributed by atoms with E-state index < -0.39 is 0 Å². The molecule has 2 aromatic rings. The van der Waals surface area contributed by atoms with Crippen molar-refractivity contribution < 1.29 is 4.79 Å². The van der Waals surface area contributed by atoms with Gasteiger partial charge >= 0.3 is 0 Å². The Labute approximate surface area is 145 Å². The van der Waals surface area contributed by atoms with Gasteiger partial charge in [0.2, 0.25) is 0 Å². The van der Waals surface area contributed by atoms with Gasteiger partial charge in [-0.25, -0.2) is 0 Å². The molecule has 0 bridgehead atoms. The second kappa shape index (κ2) is 11.7. The van der Waals surface area contributed by atoms with E-state index in [9.17, 15) is 4.79 Å². The van der Waals surface area contributed by atoms with Crippen LogP contribution < -0.4 is 0 Å². The first-order valence-corrected chi connectivity index (χ1v) is 8.61. The van der Waals surface area contributed by atoms with Crippen molar-refractivity contribution in [1.29, 1.82) is 0 Å². The minimum atomic E-state index is 0.0782. The third-order valence-corrected chi connectivity index (χ3v) is 3.58. The Hall–Kier alpha value is -1.86. The SMILES string of the molecule is CC(=Cc1ccccc1)C(=O)c1ccccc1.CCCCCCl. The number of unbranched alkanes of at least 4 members (excludes halogenated alkanes) is 2. The van der Waals surface area contributed by atoms with Crippen LogP contribution in [0.4, 0.5) is 0 Å². The van der Waals surface area contributed by atoms with Crippen molar-refractivity contribution in [3.63, 3.8) is 0 Å². The van der Waals surface area contributed by atoms with E-state index in [1.165, 1.54) is 19.3 Å². The fourth-order valence-corrected chi connectivity index (χ4v) is 2.22. The van der Waals surface area contributed by atoms with Crippen LogP contribution in [0.3, 0.4) is 0 Å². The highest BCUT2D eigenvalue weighted by Crippen LogP contribution is 2.12. The van der Waals surface area contributed by atoms with Crippen molar-refractivity contribution in [2.24, 2.45) is 0 Å². The average molecular weight is 329 g/mol. The van der Waals surface area contributed by atoms with Gasteiger partial charge in [0.1, 0.15) is 0 Å². The summed E-state index contributed by atoms with van der Waals surface area (Å²) in [6.07, 6.45) is 5.64. The molecule has 0 aliphatic carbocycles. The highest BCUT2D eigenvalue weighted by molar-refractivity contribution is 6.17. The highest BCUT2D eigenvalue weighted by atomic mass is 35.5. The van der Waals surface area contributed by atoms with Crippen LogP contribution in [0.5, 0.6) is 0 Å². The van der Waals surface area contributed by atoms with Crippen LogP contribution in [0, 0.1) is 0 Å². The lowest BCUT2D eigenvalue weighted by Gasteiger charge is -2.01. The number of alkyl halides is 1. The fraction of sp³-hybridized carbons (Fsp3) is 0.286. The Morgan fingerprint density at radius 3 is 2.00 bits per heavy atom. The highest BCUT2D eigenvalue weighted by Gasteiger charge is 2.06. The predicted octanol–water partition coefficient (Wildman–Crippen LogP) is 6.39. The molecular weight excluding hydrogens is 304 g/mol. The van der Waals surface area contributed by atoms with Crippen LogP contribution in [-0.4, -0.2) is 11.7 Å². The number of halogens is 1. The van der Waals surface area contributed by atoms with Crippen molar-refractivity contribution in [3.05, 3.63) is 77.4 Å². The molecule has 2 rings (SSSR count). The van der Waals surface area contributed by atoms with E-state index in [0.29, 0.717) is 0 Å². The molecule has 122 valence electrons. The lowest BCUT2D eigenvalue weighted by atomic mass is 10.0. The standard InChI is InChI=1S/C16H14O.C5H11Cl/c1-13(12-14-8-4-2-5-9-14)16(17)15-10-6-3-7-11-15;1-2-3-4-5-6/h2-12H,1H3;2-5H2,1H3. The summed E-state index contributed by atoms with van der Waals surface area (Å²) >= 11 is 5.38. The van der Waals surface area contributed by atoms with E-state index in [-0.39, 0.29) is 5.78 Å². The van der Waals surface area contributed by atoms with Crippen LogP contribution in [0.1, 0.15) is 49.0 Å². The summed E-state index contributed by atoms with van der Waals surface area (Å²) in [6.45, 7) is 4.02. The molecule has 0 heterocycles. The second-order valence-corrected chi connectivity index (χ2v) is 5.71. The first kappa shape index (κ1) is 19.2. The zero-order valence-electron chi connectivity index (χ0n) is 14.0. The summed E-state index contributed by atoms with van der Waals surface area (Å²) < 4.78 is 0. The first-order valence-electron chi connectivity index (χ1n) is 8.08. The molecule has 0 saturated heterocycles. The number of carbonyl (C=O) groups excluding carboxylic acids is 1. The van der Waals surface area contributed by atoms with Gasteiger partial charge in [-0.2, -0.15) is 0 Å². The summed E-state index contributed by atoms with van der Waals surface area (Å²) in [7, 11) is 0. The van der Waals surface area contributed by atoms with Gasteiger partial charge in [-0.05, 0) is 30.6 Å². The maximum atomic E-state index is 12.1.